The Labute approximate surface area is 124 Å². The van der Waals surface area contributed by atoms with Gasteiger partial charge in [0.2, 0.25) is 0 Å². The van der Waals surface area contributed by atoms with Crippen LogP contribution in [0.25, 0.3) is 0 Å². The van der Waals surface area contributed by atoms with Gasteiger partial charge in [-0.15, -0.1) is 0 Å². The number of amides is 1. The number of hydrogen-bond donors (Lipinski definition) is 2. The van der Waals surface area contributed by atoms with Crippen molar-refractivity contribution in [3.05, 3.63) is 51.4 Å². The van der Waals surface area contributed by atoms with Crippen molar-refractivity contribution in [2.24, 2.45) is 5.10 Å². The van der Waals surface area contributed by atoms with Crippen molar-refractivity contribution in [2.75, 3.05) is 7.11 Å². The molecule has 1 amide bonds. The van der Waals surface area contributed by atoms with Crippen LogP contribution in [0.4, 0.5) is 0 Å². The zero-order valence-corrected chi connectivity index (χ0v) is 12.3. The Balaban J connectivity index is 2.02. The number of halogens is 1. The van der Waals surface area contributed by atoms with Gasteiger partial charge in [0.15, 0.2) is 0 Å². The van der Waals surface area contributed by atoms with E-state index in [9.17, 15) is 4.79 Å². The summed E-state index contributed by atoms with van der Waals surface area (Å²) in [5, 5.41) is 3.87. The van der Waals surface area contributed by atoms with Gasteiger partial charge in [-0.3, -0.25) is 4.79 Å². The molecule has 98 valence electrons. The number of H-pyrrole nitrogens is 1. The topological polar surface area (TPSA) is 66.5 Å². The van der Waals surface area contributed by atoms with Crippen molar-refractivity contribution in [3.8, 4) is 5.75 Å². The van der Waals surface area contributed by atoms with Crippen molar-refractivity contribution < 1.29 is 9.53 Å². The molecule has 0 atom stereocenters. The highest BCUT2D eigenvalue weighted by atomic mass is 127. The number of ether oxygens (including phenoxy) is 1. The highest BCUT2D eigenvalue weighted by Gasteiger charge is 2.07. The van der Waals surface area contributed by atoms with E-state index in [1.165, 1.54) is 0 Å². The monoisotopic (exact) mass is 369 g/mol. The molecule has 0 aliphatic carbocycles. The summed E-state index contributed by atoms with van der Waals surface area (Å²) in [4.78, 5) is 14.8. The molecular formula is C13H12IN3O2. The van der Waals surface area contributed by atoms with Crippen LogP contribution in [0.15, 0.2) is 41.6 Å². The van der Waals surface area contributed by atoms with Gasteiger partial charge in [0.25, 0.3) is 5.91 Å². The second kappa shape index (κ2) is 6.37. The van der Waals surface area contributed by atoms with Crippen LogP contribution in [-0.4, -0.2) is 24.2 Å². The minimum absolute atomic E-state index is 0.261. The third-order valence-electron chi connectivity index (χ3n) is 2.41. The lowest BCUT2D eigenvalue weighted by Crippen LogP contribution is -2.17. The summed E-state index contributed by atoms with van der Waals surface area (Å²) in [6, 6.07) is 8.91. The highest BCUT2D eigenvalue weighted by Crippen LogP contribution is 2.21. The lowest BCUT2D eigenvalue weighted by Gasteiger charge is -2.05. The first-order valence-corrected chi connectivity index (χ1v) is 6.59. The molecule has 1 heterocycles. The first-order valence-electron chi connectivity index (χ1n) is 5.51. The summed E-state index contributed by atoms with van der Waals surface area (Å²) >= 11 is 2.12. The number of rotatable bonds is 4. The number of nitrogens with one attached hydrogen (secondary N) is 2. The van der Waals surface area contributed by atoms with Crippen molar-refractivity contribution in [2.45, 2.75) is 0 Å². The molecule has 0 spiro atoms. The third-order valence-corrected chi connectivity index (χ3v) is 3.25. The predicted molar refractivity (Wildman–Crippen MR) is 81.6 cm³/mol. The number of hydrogen-bond acceptors (Lipinski definition) is 3. The molecule has 6 heteroatoms. The Bertz CT molecular complexity index is 594. The fourth-order valence-electron chi connectivity index (χ4n) is 1.46. The SMILES string of the molecule is COc1ccc(C(=O)NN=Cc2ccc[nH]2)cc1I. The summed E-state index contributed by atoms with van der Waals surface area (Å²) in [5.74, 6) is 0.482. The molecule has 1 aromatic carbocycles. The normalized spacial score (nSPS) is 10.6. The average Bonchev–Trinajstić information content (AvgIpc) is 2.91. The largest absolute Gasteiger partial charge is 0.496 e. The molecule has 0 saturated carbocycles. The number of carbonyl (C=O) groups excluding carboxylic acids is 1. The van der Waals surface area contributed by atoms with Gasteiger partial charge in [0.1, 0.15) is 5.75 Å². The van der Waals surface area contributed by atoms with E-state index in [0.29, 0.717) is 5.56 Å². The second-order valence-electron chi connectivity index (χ2n) is 3.67. The smallest absolute Gasteiger partial charge is 0.271 e. The molecule has 2 N–H and O–H groups in total. The lowest BCUT2D eigenvalue weighted by molar-refractivity contribution is 0.0955. The number of nitrogens with zero attached hydrogens (tertiary/aromatic N) is 1. The third kappa shape index (κ3) is 3.57. The number of carbonyl (C=O) groups is 1. The van der Waals surface area contributed by atoms with Gasteiger partial charge < -0.3 is 9.72 Å². The van der Waals surface area contributed by atoms with Crippen LogP contribution in [0.3, 0.4) is 0 Å². The molecular weight excluding hydrogens is 357 g/mol. The van der Waals surface area contributed by atoms with Crippen molar-refractivity contribution in [3.63, 3.8) is 0 Å². The fraction of sp³-hybridized carbons (Fsp3) is 0.0769. The van der Waals surface area contributed by atoms with E-state index in [2.05, 4.69) is 38.1 Å². The van der Waals surface area contributed by atoms with Gasteiger partial charge >= 0.3 is 0 Å². The number of aromatic amines is 1. The maximum Gasteiger partial charge on any atom is 0.271 e. The minimum Gasteiger partial charge on any atom is -0.496 e. The molecule has 5 nitrogen and oxygen atoms in total. The predicted octanol–water partition coefficient (Wildman–Crippen LogP) is 2.39. The molecule has 2 aromatic rings. The van der Waals surface area contributed by atoms with Crippen LogP contribution < -0.4 is 10.2 Å². The Morgan fingerprint density at radius 3 is 2.95 bits per heavy atom. The molecule has 19 heavy (non-hydrogen) atoms. The van der Waals surface area contributed by atoms with E-state index in [0.717, 1.165) is 15.0 Å². The summed E-state index contributed by atoms with van der Waals surface area (Å²) in [6.45, 7) is 0. The summed E-state index contributed by atoms with van der Waals surface area (Å²) in [5.41, 5.74) is 3.83. The minimum atomic E-state index is -0.261. The molecule has 2 rings (SSSR count). The first kappa shape index (κ1) is 13.6. The molecule has 0 unspecified atom stereocenters. The summed E-state index contributed by atoms with van der Waals surface area (Å²) in [7, 11) is 1.60. The van der Waals surface area contributed by atoms with E-state index in [-0.39, 0.29) is 5.91 Å². The standard InChI is InChI=1S/C13H12IN3O2/c1-19-12-5-4-9(7-11(12)14)13(18)17-16-8-10-3-2-6-15-10/h2-8,15H,1H3,(H,17,18). The molecule has 1 aromatic heterocycles. The number of methoxy groups -OCH3 is 1. The zero-order valence-electron chi connectivity index (χ0n) is 10.2. The Kier molecular flexibility index (Phi) is 4.56. The van der Waals surface area contributed by atoms with Gasteiger partial charge in [-0.05, 0) is 52.9 Å². The van der Waals surface area contributed by atoms with Crippen LogP contribution in [0, 0.1) is 3.57 Å². The maximum atomic E-state index is 11.8. The highest BCUT2D eigenvalue weighted by molar-refractivity contribution is 14.1. The molecule has 0 fully saturated rings. The number of benzene rings is 1. The van der Waals surface area contributed by atoms with Gasteiger partial charge in [0.05, 0.1) is 22.6 Å². The van der Waals surface area contributed by atoms with Crippen LogP contribution in [0.2, 0.25) is 0 Å². The Morgan fingerprint density at radius 1 is 1.47 bits per heavy atom. The summed E-state index contributed by atoms with van der Waals surface area (Å²) in [6.07, 6.45) is 3.33. The molecule has 0 bridgehead atoms. The van der Waals surface area contributed by atoms with E-state index in [1.807, 2.05) is 12.1 Å². The van der Waals surface area contributed by atoms with E-state index >= 15 is 0 Å². The Morgan fingerprint density at radius 2 is 2.32 bits per heavy atom. The van der Waals surface area contributed by atoms with E-state index in [4.69, 9.17) is 4.74 Å². The van der Waals surface area contributed by atoms with Gasteiger partial charge in [-0.1, -0.05) is 0 Å². The lowest BCUT2D eigenvalue weighted by atomic mass is 10.2. The van der Waals surface area contributed by atoms with Gasteiger partial charge in [-0.2, -0.15) is 5.10 Å². The van der Waals surface area contributed by atoms with Crippen molar-refractivity contribution in [1.82, 2.24) is 10.4 Å². The van der Waals surface area contributed by atoms with Crippen molar-refractivity contribution in [1.29, 1.82) is 0 Å². The molecule has 0 radical (unpaired) electrons. The fourth-order valence-corrected chi connectivity index (χ4v) is 2.19. The van der Waals surface area contributed by atoms with Crippen LogP contribution in [0.1, 0.15) is 16.1 Å². The van der Waals surface area contributed by atoms with E-state index in [1.54, 1.807) is 37.7 Å². The second-order valence-corrected chi connectivity index (χ2v) is 4.84. The van der Waals surface area contributed by atoms with E-state index < -0.39 is 0 Å². The molecule has 0 saturated heterocycles. The number of aromatic nitrogens is 1. The van der Waals surface area contributed by atoms with Crippen molar-refractivity contribution >= 4 is 34.7 Å². The van der Waals surface area contributed by atoms with Crippen LogP contribution in [-0.2, 0) is 0 Å². The zero-order chi connectivity index (χ0) is 13.7. The van der Waals surface area contributed by atoms with Crippen LogP contribution in [0.5, 0.6) is 5.75 Å². The van der Waals surface area contributed by atoms with Gasteiger partial charge in [-0.25, -0.2) is 5.43 Å². The summed E-state index contributed by atoms with van der Waals surface area (Å²) < 4.78 is 6.01. The van der Waals surface area contributed by atoms with Gasteiger partial charge in [0, 0.05) is 11.8 Å². The van der Waals surface area contributed by atoms with Crippen LogP contribution >= 0.6 is 22.6 Å². The number of hydrazone groups is 1. The average molecular weight is 369 g/mol. The first-order chi connectivity index (χ1) is 9.20. The molecule has 0 aliphatic rings. The quantitative estimate of drug-likeness (QED) is 0.494. The maximum absolute atomic E-state index is 11.8. The molecule has 0 aliphatic heterocycles. The Hall–Kier alpha value is -1.83.